The van der Waals surface area contributed by atoms with Gasteiger partial charge in [0, 0.05) is 28.5 Å². The summed E-state index contributed by atoms with van der Waals surface area (Å²) in [6.45, 7) is 5.76. The van der Waals surface area contributed by atoms with E-state index < -0.39 is 22.1 Å². The van der Waals surface area contributed by atoms with E-state index in [1.807, 2.05) is 0 Å². The molecule has 2 saturated heterocycles. The lowest BCUT2D eigenvalue weighted by Gasteiger charge is -2.40. The number of piperidine rings is 1. The van der Waals surface area contributed by atoms with Gasteiger partial charge in [-0.2, -0.15) is 4.31 Å². The number of amides is 1. The summed E-state index contributed by atoms with van der Waals surface area (Å²) in [6, 6.07) is 2.56. The maximum Gasteiger partial charge on any atom is 0.244 e. The Labute approximate surface area is 175 Å². The number of hydrogen-bond acceptors (Lipinski definition) is 4. The number of rotatable bonds is 5. The first-order chi connectivity index (χ1) is 13.2. The first-order valence-corrected chi connectivity index (χ1v) is 11.4. The van der Waals surface area contributed by atoms with Gasteiger partial charge in [0.15, 0.2) is 0 Å². The fraction of sp³-hybridized carbons (Fsp3) is 0.526. The number of carbonyl (C=O) groups is 1. The van der Waals surface area contributed by atoms with Crippen LogP contribution in [-0.2, 0) is 14.8 Å². The Morgan fingerprint density at radius 1 is 1.29 bits per heavy atom. The smallest absolute Gasteiger partial charge is 0.244 e. The van der Waals surface area contributed by atoms with E-state index in [9.17, 15) is 18.3 Å². The average molecular weight is 447 g/mol. The fourth-order valence-corrected chi connectivity index (χ4v) is 6.74. The van der Waals surface area contributed by atoms with Crippen molar-refractivity contribution in [1.82, 2.24) is 9.21 Å². The van der Waals surface area contributed by atoms with Gasteiger partial charge in [-0.3, -0.25) is 4.79 Å². The molecule has 3 rings (SSSR count). The molecule has 9 heteroatoms. The van der Waals surface area contributed by atoms with Crippen LogP contribution in [0.2, 0.25) is 10.0 Å². The Morgan fingerprint density at radius 2 is 1.93 bits per heavy atom. The van der Waals surface area contributed by atoms with Gasteiger partial charge in [0.1, 0.15) is 6.04 Å². The van der Waals surface area contributed by atoms with Gasteiger partial charge in [-0.05, 0) is 44.4 Å². The third-order valence-corrected chi connectivity index (χ3v) is 7.94. The molecule has 2 aliphatic heterocycles. The number of nitrogens with zero attached hydrogens (tertiary/aromatic N) is 2. The lowest BCUT2D eigenvalue weighted by Crippen LogP contribution is -2.55. The highest BCUT2D eigenvalue weighted by Gasteiger charge is 2.50. The van der Waals surface area contributed by atoms with E-state index in [0.29, 0.717) is 19.4 Å². The molecular weight excluding hydrogens is 423 g/mol. The third kappa shape index (κ3) is 3.83. The van der Waals surface area contributed by atoms with E-state index in [1.165, 1.54) is 22.5 Å². The van der Waals surface area contributed by atoms with Gasteiger partial charge >= 0.3 is 0 Å². The van der Waals surface area contributed by atoms with Crippen LogP contribution in [0.15, 0.2) is 35.7 Å². The van der Waals surface area contributed by atoms with Gasteiger partial charge in [0.25, 0.3) is 0 Å². The maximum absolute atomic E-state index is 13.6. The molecule has 6 nitrogen and oxygen atoms in total. The molecule has 0 radical (unpaired) electrons. The highest BCUT2D eigenvalue weighted by Crippen LogP contribution is 2.38. The summed E-state index contributed by atoms with van der Waals surface area (Å²) in [6.07, 6.45) is 3.52. The zero-order valence-corrected chi connectivity index (χ0v) is 17.9. The number of sulfonamides is 1. The van der Waals surface area contributed by atoms with E-state index >= 15 is 0 Å². The van der Waals surface area contributed by atoms with Gasteiger partial charge in [-0.25, -0.2) is 8.42 Å². The van der Waals surface area contributed by atoms with Crippen molar-refractivity contribution < 1.29 is 18.3 Å². The standard InChI is InChI=1S/C19H24Cl2N2O4S/c1-3-13-10-22(12(2)11-24)19(25)18-6-4-5-17(13)23(18)28(26,27)16-8-14(20)7-15(21)9-16/h3,7-9,12-13,17-18,24H,1,4-6,10-11H2,2H3/t12-,13-,17+,18-/m0/s1. The molecule has 2 aliphatic rings. The van der Waals surface area contributed by atoms with Gasteiger partial charge in [0.2, 0.25) is 15.9 Å². The van der Waals surface area contributed by atoms with Crippen LogP contribution in [-0.4, -0.2) is 59.9 Å². The Balaban J connectivity index is 2.13. The number of benzene rings is 1. The van der Waals surface area contributed by atoms with Crippen molar-refractivity contribution in [2.24, 2.45) is 5.92 Å². The molecule has 2 heterocycles. The van der Waals surface area contributed by atoms with Gasteiger partial charge in [0.05, 0.1) is 17.5 Å². The van der Waals surface area contributed by atoms with E-state index in [4.69, 9.17) is 23.2 Å². The second-order valence-electron chi connectivity index (χ2n) is 7.38. The van der Waals surface area contributed by atoms with Crippen molar-refractivity contribution in [3.63, 3.8) is 0 Å². The average Bonchev–Trinajstić information content (AvgIpc) is 2.73. The maximum atomic E-state index is 13.6. The number of hydrogen-bond donors (Lipinski definition) is 1. The molecule has 1 amide bonds. The molecule has 0 aliphatic carbocycles. The molecule has 0 saturated carbocycles. The molecule has 28 heavy (non-hydrogen) atoms. The summed E-state index contributed by atoms with van der Waals surface area (Å²) in [4.78, 5) is 14.8. The molecule has 2 bridgehead atoms. The van der Waals surface area contributed by atoms with Gasteiger partial charge in [-0.15, -0.1) is 6.58 Å². The van der Waals surface area contributed by atoms with Gasteiger partial charge < -0.3 is 10.0 Å². The Hall–Kier alpha value is -1.12. The van der Waals surface area contributed by atoms with Crippen LogP contribution in [0.5, 0.6) is 0 Å². The minimum absolute atomic E-state index is 0.0267. The topological polar surface area (TPSA) is 77.9 Å². The normalized spacial score (nSPS) is 27.4. The molecule has 0 aromatic heterocycles. The lowest BCUT2D eigenvalue weighted by atomic mass is 9.90. The Bertz CT molecular complexity index is 856. The number of carbonyl (C=O) groups excluding carboxylic acids is 1. The van der Waals surface area contributed by atoms with Crippen molar-refractivity contribution in [1.29, 1.82) is 0 Å². The van der Waals surface area contributed by atoms with Crippen molar-refractivity contribution in [2.75, 3.05) is 13.2 Å². The minimum atomic E-state index is -4.01. The summed E-state index contributed by atoms with van der Waals surface area (Å²) in [5, 5.41) is 10.0. The van der Waals surface area contributed by atoms with E-state index in [1.54, 1.807) is 17.9 Å². The van der Waals surface area contributed by atoms with Crippen molar-refractivity contribution in [2.45, 2.75) is 49.2 Å². The number of fused-ring (bicyclic) bond motifs is 2. The zero-order chi connectivity index (χ0) is 20.6. The monoisotopic (exact) mass is 446 g/mol. The van der Waals surface area contributed by atoms with Crippen molar-refractivity contribution >= 4 is 39.1 Å². The minimum Gasteiger partial charge on any atom is -0.394 e. The van der Waals surface area contributed by atoms with Crippen LogP contribution in [0.1, 0.15) is 26.2 Å². The number of aliphatic hydroxyl groups excluding tert-OH is 1. The predicted octanol–water partition coefficient (Wildman–Crippen LogP) is 2.93. The first-order valence-electron chi connectivity index (χ1n) is 9.24. The van der Waals surface area contributed by atoms with Crippen LogP contribution in [0, 0.1) is 5.92 Å². The number of halogens is 2. The molecule has 2 fully saturated rings. The first kappa shape index (κ1) is 21.6. The van der Waals surface area contributed by atoms with Crippen LogP contribution in [0.4, 0.5) is 0 Å². The fourth-order valence-electron chi connectivity index (χ4n) is 4.14. The van der Waals surface area contributed by atoms with E-state index in [0.717, 1.165) is 6.42 Å². The summed E-state index contributed by atoms with van der Waals surface area (Å²) in [5.74, 6) is -0.528. The predicted molar refractivity (Wildman–Crippen MR) is 109 cm³/mol. The molecule has 1 aromatic rings. The summed E-state index contributed by atoms with van der Waals surface area (Å²) in [5.41, 5.74) is 0. The second kappa shape index (κ2) is 8.32. The SMILES string of the molecule is C=C[C@H]1CN([C@@H](C)CO)C(=O)[C@@H]2CCC[C@H]1N2S(=O)(=O)c1cc(Cl)cc(Cl)c1. The highest BCUT2D eigenvalue weighted by molar-refractivity contribution is 7.89. The quantitative estimate of drug-likeness (QED) is 0.705. The molecular formula is C19H24Cl2N2O4S. The Kier molecular flexibility index (Phi) is 6.41. The van der Waals surface area contributed by atoms with Crippen molar-refractivity contribution in [3.05, 3.63) is 40.9 Å². The third-order valence-electron chi connectivity index (χ3n) is 5.59. The molecule has 154 valence electrons. The summed E-state index contributed by atoms with van der Waals surface area (Å²) < 4.78 is 28.5. The molecule has 4 atom stereocenters. The van der Waals surface area contributed by atoms with Crippen molar-refractivity contribution in [3.8, 4) is 0 Å². The second-order valence-corrected chi connectivity index (χ2v) is 10.1. The number of aliphatic hydroxyl groups is 1. The molecule has 1 aromatic carbocycles. The zero-order valence-electron chi connectivity index (χ0n) is 15.6. The van der Waals surface area contributed by atoms with Crippen LogP contribution in [0.25, 0.3) is 0 Å². The van der Waals surface area contributed by atoms with E-state index in [2.05, 4.69) is 6.58 Å². The molecule has 1 N–H and O–H groups in total. The van der Waals surface area contributed by atoms with Crippen LogP contribution in [0.3, 0.4) is 0 Å². The van der Waals surface area contributed by atoms with Crippen LogP contribution < -0.4 is 0 Å². The Morgan fingerprint density at radius 3 is 2.50 bits per heavy atom. The highest BCUT2D eigenvalue weighted by atomic mass is 35.5. The van der Waals surface area contributed by atoms with Crippen LogP contribution >= 0.6 is 23.2 Å². The molecule has 0 spiro atoms. The lowest BCUT2D eigenvalue weighted by molar-refractivity contribution is -0.137. The summed E-state index contributed by atoms with van der Waals surface area (Å²) in [7, 11) is -4.01. The summed E-state index contributed by atoms with van der Waals surface area (Å²) >= 11 is 12.1. The molecule has 0 unspecified atom stereocenters. The largest absolute Gasteiger partial charge is 0.394 e. The van der Waals surface area contributed by atoms with E-state index in [-0.39, 0.29) is 39.4 Å². The van der Waals surface area contributed by atoms with Gasteiger partial charge in [-0.1, -0.05) is 29.3 Å².